The SMILES string of the molecule is COc1cccc(C(CNC(=O)c2ccc(N)cn2)N(C)C)c1.Cl.Cl. The number of likely N-dealkylation sites (N-methyl/N-ethyl adjacent to an activating group) is 1. The highest BCUT2D eigenvalue weighted by atomic mass is 35.5. The molecule has 0 saturated heterocycles. The third-order valence-electron chi connectivity index (χ3n) is 3.58. The fraction of sp³-hybridized carbons (Fsp3) is 0.294. The number of halogens is 2. The monoisotopic (exact) mass is 386 g/mol. The number of carbonyl (C=O) groups excluding carboxylic acids is 1. The number of nitrogens with zero attached hydrogens (tertiary/aromatic N) is 2. The van der Waals surface area contributed by atoms with Crippen molar-refractivity contribution < 1.29 is 9.53 Å². The van der Waals surface area contributed by atoms with Crippen LogP contribution in [0.5, 0.6) is 5.75 Å². The number of methoxy groups -OCH3 is 1. The van der Waals surface area contributed by atoms with E-state index in [2.05, 4.69) is 10.3 Å². The van der Waals surface area contributed by atoms with E-state index < -0.39 is 0 Å². The first-order valence-electron chi connectivity index (χ1n) is 7.31. The average molecular weight is 387 g/mol. The summed E-state index contributed by atoms with van der Waals surface area (Å²) in [6, 6.07) is 11.1. The van der Waals surface area contributed by atoms with Gasteiger partial charge in [-0.2, -0.15) is 0 Å². The number of anilines is 1. The second-order valence-electron chi connectivity index (χ2n) is 5.44. The van der Waals surface area contributed by atoms with Gasteiger partial charge < -0.3 is 20.7 Å². The Labute approximate surface area is 160 Å². The van der Waals surface area contributed by atoms with E-state index in [1.54, 1.807) is 19.2 Å². The summed E-state index contributed by atoms with van der Waals surface area (Å²) >= 11 is 0. The maximum Gasteiger partial charge on any atom is 0.269 e. The molecule has 0 bridgehead atoms. The molecule has 6 nitrogen and oxygen atoms in total. The smallest absolute Gasteiger partial charge is 0.269 e. The Bertz CT molecular complexity index is 666. The molecule has 0 radical (unpaired) electrons. The maximum atomic E-state index is 12.2. The molecule has 8 heteroatoms. The Kier molecular flexibility index (Phi) is 9.89. The van der Waals surface area contributed by atoms with Crippen molar-refractivity contribution in [1.29, 1.82) is 0 Å². The molecule has 1 unspecified atom stereocenters. The molecule has 25 heavy (non-hydrogen) atoms. The lowest BCUT2D eigenvalue weighted by atomic mass is 10.1. The highest BCUT2D eigenvalue weighted by Crippen LogP contribution is 2.22. The first kappa shape index (κ1) is 23.0. The van der Waals surface area contributed by atoms with E-state index in [4.69, 9.17) is 10.5 Å². The molecule has 0 aliphatic carbocycles. The molecule has 0 aliphatic rings. The quantitative estimate of drug-likeness (QED) is 0.796. The molecule has 2 aromatic rings. The van der Waals surface area contributed by atoms with Crippen LogP contribution >= 0.6 is 24.8 Å². The Hall–Kier alpha value is -2.02. The van der Waals surface area contributed by atoms with Gasteiger partial charge in [0.15, 0.2) is 0 Å². The molecule has 3 N–H and O–H groups in total. The normalized spacial score (nSPS) is 11.0. The lowest BCUT2D eigenvalue weighted by molar-refractivity contribution is 0.0937. The molecule has 138 valence electrons. The third kappa shape index (κ3) is 6.42. The van der Waals surface area contributed by atoms with Gasteiger partial charge in [-0.25, -0.2) is 4.98 Å². The summed E-state index contributed by atoms with van der Waals surface area (Å²) in [5, 5.41) is 2.91. The van der Waals surface area contributed by atoms with Crippen LogP contribution in [-0.2, 0) is 0 Å². The maximum absolute atomic E-state index is 12.2. The lowest BCUT2D eigenvalue weighted by Crippen LogP contribution is -2.34. The molecule has 0 fully saturated rings. The molecule has 1 atom stereocenters. The summed E-state index contributed by atoms with van der Waals surface area (Å²) in [5.74, 6) is 0.570. The van der Waals surface area contributed by atoms with E-state index in [0.717, 1.165) is 11.3 Å². The van der Waals surface area contributed by atoms with Gasteiger partial charge in [0.25, 0.3) is 5.91 Å². The molecule has 0 saturated carbocycles. The number of nitrogens with two attached hydrogens (primary N) is 1. The van der Waals surface area contributed by atoms with Crippen LogP contribution in [-0.4, -0.2) is 43.5 Å². The fourth-order valence-corrected chi connectivity index (χ4v) is 2.27. The summed E-state index contributed by atoms with van der Waals surface area (Å²) in [6.45, 7) is 0.463. The zero-order chi connectivity index (χ0) is 16.8. The van der Waals surface area contributed by atoms with Gasteiger partial charge in [-0.15, -0.1) is 24.8 Å². The van der Waals surface area contributed by atoms with Crippen LogP contribution in [0.25, 0.3) is 0 Å². The van der Waals surface area contributed by atoms with E-state index in [1.165, 1.54) is 6.20 Å². The second-order valence-corrected chi connectivity index (χ2v) is 5.44. The number of nitrogen functional groups attached to an aromatic ring is 1. The molecule has 0 spiro atoms. The van der Waals surface area contributed by atoms with Gasteiger partial charge in [0.1, 0.15) is 11.4 Å². The number of rotatable bonds is 6. The molecule has 1 aromatic heterocycles. The molecule has 1 aromatic carbocycles. The number of ether oxygens (including phenoxy) is 1. The molecular formula is C17H24Cl2N4O2. The Morgan fingerprint density at radius 3 is 2.56 bits per heavy atom. The second kappa shape index (κ2) is 10.8. The summed E-state index contributed by atoms with van der Waals surface area (Å²) < 4.78 is 5.26. The van der Waals surface area contributed by atoms with E-state index in [0.29, 0.717) is 17.9 Å². The van der Waals surface area contributed by atoms with Gasteiger partial charge in [0.05, 0.1) is 25.0 Å². The van der Waals surface area contributed by atoms with E-state index in [1.807, 2.05) is 43.3 Å². The third-order valence-corrected chi connectivity index (χ3v) is 3.58. The number of pyridine rings is 1. The number of hydrogen-bond acceptors (Lipinski definition) is 5. The van der Waals surface area contributed by atoms with Gasteiger partial charge in [-0.3, -0.25) is 4.79 Å². The Morgan fingerprint density at radius 2 is 2.00 bits per heavy atom. The molecule has 2 rings (SSSR count). The highest BCUT2D eigenvalue weighted by molar-refractivity contribution is 5.92. The largest absolute Gasteiger partial charge is 0.497 e. The van der Waals surface area contributed by atoms with Crippen molar-refractivity contribution in [2.45, 2.75) is 6.04 Å². The summed E-state index contributed by atoms with van der Waals surface area (Å²) in [4.78, 5) is 18.3. The highest BCUT2D eigenvalue weighted by Gasteiger charge is 2.17. The van der Waals surface area contributed by atoms with Crippen LogP contribution in [0.3, 0.4) is 0 Å². The Balaban J connectivity index is 0.00000288. The first-order valence-corrected chi connectivity index (χ1v) is 7.31. The van der Waals surface area contributed by atoms with Crippen molar-refractivity contribution in [2.75, 3.05) is 33.5 Å². The van der Waals surface area contributed by atoms with Gasteiger partial charge in [0, 0.05) is 6.54 Å². The van der Waals surface area contributed by atoms with Crippen molar-refractivity contribution in [1.82, 2.24) is 15.2 Å². The van der Waals surface area contributed by atoms with E-state index in [-0.39, 0.29) is 36.8 Å². The zero-order valence-electron chi connectivity index (χ0n) is 14.4. The number of benzene rings is 1. The van der Waals surface area contributed by atoms with Gasteiger partial charge in [-0.05, 0) is 43.9 Å². The fourth-order valence-electron chi connectivity index (χ4n) is 2.27. The molecule has 0 aliphatic heterocycles. The summed E-state index contributed by atoms with van der Waals surface area (Å²) in [5.41, 5.74) is 7.53. The van der Waals surface area contributed by atoms with Crippen LogP contribution in [0.1, 0.15) is 22.1 Å². The number of aromatic nitrogens is 1. The number of hydrogen-bond donors (Lipinski definition) is 2. The summed E-state index contributed by atoms with van der Waals surface area (Å²) in [6.07, 6.45) is 1.47. The van der Waals surface area contributed by atoms with E-state index >= 15 is 0 Å². The van der Waals surface area contributed by atoms with Crippen molar-refractivity contribution in [3.05, 3.63) is 53.9 Å². The number of nitrogens with one attached hydrogen (secondary N) is 1. The van der Waals surface area contributed by atoms with Crippen LogP contribution in [0.2, 0.25) is 0 Å². The number of carbonyl (C=O) groups is 1. The van der Waals surface area contributed by atoms with Gasteiger partial charge >= 0.3 is 0 Å². The molecule has 1 amide bonds. The van der Waals surface area contributed by atoms with Crippen LogP contribution in [0.15, 0.2) is 42.6 Å². The van der Waals surface area contributed by atoms with Crippen molar-refractivity contribution in [2.24, 2.45) is 0 Å². The first-order chi connectivity index (χ1) is 11.0. The van der Waals surface area contributed by atoms with Gasteiger partial charge in [0.2, 0.25) is 0 Å². The predicted octanol–water partition coefficient (Wildman–Crippen LogP) is 2.55. The summed E-state index contributed by atoms with van der Waals surface area (Å²) in [7, 11) is 5.58. The minimum atomic E-state index is -0.222. The van der Waals surface area contributed by atoms with Crippen LogP contribution in [0.4, 0.5) is 5.69 Å². The standard InChI is InChI=1S/C17H22N4O2.2ClH/c1-21(2)16(12-5-4-6-14(9-12)23-3)11-20-17(22)15-8-7-13(18)10-19-15;;/h4-10,16H,11,18H2,1-3H3,(H,20,22);2*1H. The Morgan fingerprint density at radius 1 is 1.28 bits per heavy atom. The topological polar surface area (TPSA) is 80.5 Å². The van der Waals surface area contributed by atoms with Crippen LogP contribution in [0, 0.1) is 0 Å². The molecular weight excluding hydrogens is 363 g/mol. The predicted molar refractivity (Wildman–Crippen MR) is 105 cm³/mol. The minimum Gasteiger partial charge on any atom is -0.497 e. The van der Waals surface area contributed by atoms with Crippen molar-refractivity contribution in [3.8, 4) is 5.75 Å². The lowest BCUT2D eigenvalue weighted by Gasteiger charge is -2.25. The average Bonchev–Trinajstić information content (AvgIpc) is 2.55. The van der Waals surface area contributed by atoms with Crippen molar-refractivity contribution in [3.63, 3.8) is 0 Å². The molecule has 1 heterocycles. The zero-order valence-corrected chi connectivity index (χ0v) is 16.1. The number of amides is 1. The van der Waals surface area contributed by atoms with Crippen molar-refractivity contribution >= 4 is 36.4 Å². The van der Waals surface area contributed by atoms with E-state index in [9.17, 15) is 4.79 Å². The minimum absolute atomic E-state index is 0. The van der Waals surface area contributed by atoms with Crippen LogP contribution < -0.4 is 15.8 Å². The van der Waals surface area contributed by atoms with Gasteiger partial charge in [-0.1, -0.05) is 12.1 Å².